The third-order valence-corrected chi connectivity index (χ3v) is 6.66. The average Bonchev–Trinajstić information content (AvgIpc) is 2.76. The van der Waals surface area contributed by atoms with Crippen LogP contribution in [0.1, 0.15) is 22.3 Å². The number of hydrogen-bond acceptors (Lipinski definition) is 5. The molecule has 1 aliphatic heterocycles. The fraction of sp³-hybridized carbons (Fsp3) is 0.435. The molecule has 0 atom stereocenters. The summed E-state index contributed by atoms with van der Waals surface area (Å²) in [6.07, 6.45) is 2.10. The van der Waals surface area contributed by atoms with Crippen molar-refractivity contribution in [3.05, 3.63) is 65.7 Å². The first kappa shape index (κ1) is 23.2. The van der Waals surface area contributed by atoms with Gasteiger partial charge in [0, 0.05) is 38.3 Å². The third kappa shape index (κ3) is 7.05. The van der Waals surface area contributed by atoms with E-state index in [4.69, 9.17) is 0 Å². The number of piperazine rings is 1. The molecule has 2 aromatic rings. The molecule has 3 rings (SSSR count). The predicted octanol–water partition coefficient (Wildman–Crippen LogP) is 2.02. The van der Waals surface area contributed by atoms with Crippen LogP contribution in [0.3, 0.4) is 0 Å². The summed E-state index contributed by atoms with van der Waals surface area (Å²) in [6, 6.07) is 16.2. The van der Waals surface area contributed by atoms with E-state index in [1.165, 1.54) is 10.6 Å². The quantitative estimate of drug-likeness (QED) is 0.599. The van der Waals surface area contributed by atoms with Gasteiger partial charge in [-0.3, -0.25) is 9.10 Å². The van der Waals surface area contributed by atoms with Crippen molar-refractivity contribution in [2.24, 2.45) is 0 Å². The van der Waals surface area contributed by atoms with Gasteiger partial charge in [-0.1, -0.05) is 30.3 Å². The first-order valence-corrected chi connectivity index (χ1v) is 12.5. The number of sulfonamides is 1. The van der Waals surface area contributed by atoms with Crippen molar-refractivity contribution >= 4 is 21.6 Å². The number of carbonyl (C=O) groups excluding carboxylic acids is 1. The fourth-order valence-electron chi connectivity index (χ4n) is 3.61. The van der Waals surface area contributed by atoms with Crippen LogP contribution in [-0.2, 0) is 16.6 Å². The standard InChI is InChI=1S/C23H32N4O3S/c1-25-15-17-26(18-16-25)14-6-13-24-23(28)21-9-11-22(12-10-21)27(31(2,29)30)19-20-7-4-3-5-8-20/h3-5,7-12H,6,13-19H2,1-2H3,(H,24,28). The van der Waals surface area contributed by atoms with E-state index in [9.17, 15) is 13.2 Å². The summed E-state index contributed by atoms with van der Waals surface area (Å²) < 4.78 is 26.0. The van der Waals surface area contributed by atoms with Crippen molar-refractivity contribution < 1.29 is 13.2 Å². The lowest BCUT2D eigenvalue weighted by Gasteiger charge is -2.32. The maximum absolute atomic E-state index is 12.4. The highest BCUT2D eigenvalue weighted by molar-refractivity contribution is 7.92. The normalized spacial score (nSPS) is 15.5. The van der Waals surface area contributed by atoms with Crippen molar-refractivity contribution in [3.8, 4) is 0 Å². The number of nitrogens with one attached hydrogen (secondary N) is 1. The lowest BCUT2D eigenvalue weighted by atomic mass is 10.1. The van der Waals surface area contributed by atoms with E-state index in [2.05, 4.69) is 22.2 Å². The van der Waals surface area contributed by atoms with Gasteiger partial charge >= 0.3 is 0 Å². The fourth-order valence-corrected chi connectivity index (χ4v) is 4.49. The summed E-state index contributed by atoms with van der Waals surface area (Å²) in [6.45, 7) is 6.18. The van der Waals surface area contributed by atoms with Gasteiger partial charge in [0.25, 0.3) is 5.91 Å². The summed E-state index contributed by atoms with van der Waals surface area (Å²) in [7, 11) is -1.32. The Balaban J connectivity index is 1.53. The molecule has 1 fully saturated rings. The van der Waals surface area contributed by atoms with E-state index in [-0.39, 0.29) is 12.5 Å². The van der Waals surface area contributed by atoms with E-state index in [0.29, 0.717) is 17.8 Å². The van der Waals surface area contributed by atoms with E-state index >= 15 is 0 Å². The second kappa shape index (κ2) is 10.7. The Bertz CT molecular complexity index is 941. The number of rotatable bonds is 9. The van der Waals surface area contributed by atoms with Gasteiger partial charge in [-0.2, -0.15) is 0 Å². The molecule has 1 N–H and O–H groups in total. The van der Waals surface area contributed by atoms with Crippen molar-refractivity contribution in [1.82, 2.24) is 15.1 Å². The van der Waals surface area contributed by atoms with E-state index in [1.54, 1.807) is 24.3 Å². The molecule has 0 spiro atoms. The van der Waals surface area contributed by atoms with Crippen LogP contribution < -0.4 is 9.62 Å². The number of anilines is 1. The Labute approximate surface area is 185 Å². The molecule has 0 saturated carbocycles. The van der Waals surface area contributed by atoms with Crippen molar-refractivity contribution in [2.45, 2.75) is 13.0 Å². The zero-order chi connectivity index (χ0) is 22.3. The van der Waals surface area contributed by atoms with Crippen LogP contribution in [0.4, 0.5) is 5.69 Å². The van der Waals surface area contributed by atoms with Crippen LogP contribution in [-0.4, -0.2) is 76.7 Å². The van der Waals surface area contributed by atoms with Crippen molar-refractivity contribution in [3.63, 3.8) is 0 Å². The van der Waals surface area contributed by atoms with Crippen LogP contribution in [0.5, 0.6) is 0 Å². The minimum atomic E-state index is -3.46. The first-order valence-electron chi connectivity index (χ1n) is 10.6. The van der Waals surface area contributed by atoms with Gasteiger partial charge in [0.1, 0.15) is 0 Å². The summed E-state index contributed by atoms with van der Waals surface area (Å²) in [5.74, 6) is -0.140. The van der Waals surface area contributed by atoms with E-state index in [1.807, 2.05) is 30.3 Å². The largest absolute Gasteiger partial charge is 0.352 e. The maximum atomic E-state index is 12.4. The lowest BCUT2D eigenvalue weighted by molar-refractivity contribution is 0.0949. The molecule has 1 saturated heterocycles. The van der Waals surface area contributed by atoms with Crippen LogP contribution in [0.2, 0.25) is 0 Å². The van der Waals surface area contributed by atoms with Gasteiger partial charge in [0.05, 0.1) is 18.5 Å². The molecule has 0 aromatic heterocycles. The third-order valence-electron chi connectivity index (χ3n) is 5.52. The van der Waals surface area contributed by atoms with Gasteiger partial charge in [0.2, 0.25) is 10.0 Å². The number of benzene rings is 2. The Hall–Kier alpha value is -2.42. The predicted molar refractivity (Wildman–Crippen MR) is 125 cm³/mol. The summed E-state index contributed by atoms with van der Waals surface area (Å²) in [4.78, 5) is 17.2. The molecule has 0 aliphatic carbocycles. The second-order valence-corrected chi connectivity index (χ2v) is 9.96. The molecule has 7 nitrogen and oxygen atoms in total. The van der Waals surface area contributed by atoms with E-state index < -0.39 is 10.0 Å². The van der Waals surface area contributed by atoms with Crippen LogP contribution >= 0.6 is 0 Å². The molecule has 0 unspecified atom stereocenters. The molecule has 8 heteroatoms. The summed E-state index contributed by atoms with van der Waals surface area (Å²) in [5.41, 5.74) is 1.96. The molecule has 1 heterocycles. The average molecular weight is 445 g/mol. The minimum Gasteiger partial charge on any atom is -0.352 e. The lowest BCUT2D eigenvalue weighted by Crippen LogP contribution is -2.45. The summed E-state index contributed by atoms with van der Waals surface area (Å²) in [5, 5.41) is 2.96. The highest BCUT2D eigenvalue weighted by Gasteiger charge is 2.18. The SMILES string of the molecule is CN1CCN(CCCNC(=O)c2ccc(N(Cc3ccccc3)S(C)(=O)=O)cc2)CC1. The van der Waals surface area contributed by atoms with Gasteiger partial charge in [-0.25, -0.2) is 8.42 Å². The van der Waals surface area contributed by atoms with Crippen LogP contribution in [0.25, 0.3) is 0 Å². The number of likely N-dealkylation sites (N-methyl/N-ethyl adjacent to an activating group) is 1. The second-order valence-electron chi connectivity index (χ2n) is 8.06. The molecule has 1 amide bonds. The molecule has 0 bridgehead atoms. The van der Waals surface area contributed by atoms with Gasteiger partial charge in [0.15, 0.2) is 0 Å². The Morgan fingerprint density at radius 1 is 1.00 bits per heavy atom. The number of amides is 1. The number of hydrogen-bond donors (Lipinski definition) is 1. The van der Waals surface area contributed by atoms with Gasteiger partial charge < -0.3 is 15.1 Å². The molecule has 168 valence electrons. The number of nitrogens with zero attached hydrogens (tertiary/aromatic N) is 3. The van der Waals surface area contributed by atoms with Crippen molar-refractivity contribution in [2.75, 3.05) is 56.9 Å². The molecule has 31 heavy (non-hydrogen) atoms. The monoisotopic (exact) mass is 444 g/mol. The van der Waals surface area contributed by atoms with Crippen LogP contribution in [0, 0.1) is 0 Å². The molecule has 0 radical (unpaired) electrons. The van der Waals surface area contributed by atoms with Crippen LogP contribution in [0.15, 0.2) is 54.6 Å². The highest BCUT2D eigenvalue weighted by Crippen LogP contribution is 2.21. The molecule has 1 aliphatic rings. The molecular formula is C23H32N4O3S. The molecule has 2 aromatic carbocycles. The zero-order valence-corrected chi connectivity index (χ0v) is 19.1. The highest BCUT2D eigenvalue weighted by atomic mass is 32.2. The minimum absolute atomic E-state index is 0.140. The Kier molecular flexibility index (Phi) is 8.06. The van der Waals surface area contributed by atoms with Gasteiger partial charge in [-0.15, -0.1) is 0 Å². The molecular weight excluding hydrogens is 412 g/mol. The maximum Gasteiger partial charge on any atom is 0.251 e. The Morgan fingerprint density at radius 3 is 2.26 bits per heavy atom. The van der Waals surface area contributed by atoms with E-state index in [0.717, 1.165) is 44.7 Å². The van der Waals surface area contributed by atoms with Crippen molar-refractivity contribution in [1.29, 1.82) is 0 Å². The summed E-state index contributed by atoms with van der Waals surface area (Å²) >= 11 is 0. The zero-order valence-electron chi connectivity index (χ0n) is 18.3. The topological polar surface area (TPSA) is 73.0 Å². The number of carbonyl (C=O) groups is 1. The smallest absolute Gasteiger partial charge is 0.251 e. The van der Waals surface area contributed by atoms with Gasteiger partial charge in [-0.05, 0) is 49.8 Å². The first-order chi connectivity index (χ1) is 14.8. The Morgan fingerprint density at radius 2 is 1.65 bits per heavy atom.